The molecule has 0 aliphatic carbocycles. The largest absolute Gasteiger partial charge is 0.355 e. The van der Waals surface area contributed by atoms with Gasteiger partial charge in [-0.05, 0) is 39.9 Å². The Morgan fingerprint density at radius 2 is 1.05 bits per heavy atom. The average molecular weight is 576 g/mol. The van der Waals surface area contributed by atoms with Gasteiger partial charge in [-0.3, -0.25) is 9.59 Å². The van der Waals surface area contributed by atoms with E-state index in [0.29, 0.717) is 25.9 Å². The molecular formula is C30H63N4O2S2+. The lowest BCUT2D eigenvalue weighted by molar-refractivity contribution is -0.890. The Morgan fingerprint density at radius 3 is 1.53 bits per heavy atom. The van der Waals surface area contributed by atoms with Crippen molar-refractivity contribution in [1.29, 1.82) is 0 Å². The Kier molecular flexibility index (Phi) is 26.5. The zero-order chi connectivity index (χ0) is 28.3. The summed E-state index contributed by atoms with van der Waals surface area (Å²) in [5.74, 6) is 2.10. The standard InChI is InChI=1S/C30H62N4O2S2/c1-6-7-8-9-10-11-12-13-14-15-16-17-25-34(4,5)26-19-21-30(36)32-23-28-38-37-27-22-31-29(35)20-18-24-33(2)3/h6-28H2,1-5H3,(H-,31,32,35,36)/p+1. The molecule has 2 amide bonds. The topological polar surface area (TPSA) is 61.4 Å². The van der Waals surface area contributed by atoms with Crippen LogP contribution in [0.1, 0.15) is 110 Å². The van der Waals surface area contributed by atoms with Gasteiger partial charge < -0.3 is 20.0 Å². The van der Waals surface area contributed by atoms with E-state index in [4.69, 9.17) is 0 Å². The highest BCUT2D eigenvalue weighted by Gasteiger charge is 2.15. The van der Waals surface area contributed by atoms with Crippen LogP contribution in [0.3, 0.4) is 0 Å². The third-order valence-electron chi connectivity index (χ3n) is 6.89. The number of carbonyl (C=O) groups excluding carboxylic acids is 2. The minimum Gasteiger partial charge on any atom is -0.355 e. The van der Waals surface area contributed by atoms with E-state index in [9.17, 15) is 9.59 Å². The van der Waals surface area contributed by atoms with Crippen molar-refractivity contribution in [3.8, 4) is 0 Å². The van der Waals surface area contributed by atoms with Crippen LogP contribution in [0.2, 0.25) is 0 Å². The molecule has 0 radical (unpaired) electrons. The minimum atomic E-state index is 0.139. The van der Waals surface area contributed by atoms with Crippen LogP contribution < -0.4 is 10.6 Å². The Morgan fingerprint density at radius 1 is 0.632 bits per heavy atom. The molecule has 38 heavy (non-hydrogen) atoms. The van der Waals surface area contributed by atoms with Crippen molar-refractivity contribution < 1.29 is 14.1 Å². The lowest BCUT2D eigenvalue weighted by Gasteiger charge is -2.29. The number of unbranched alkanes of at least 4 members (excludes halogenated alkanes) is 11. The van der Waals surface area contributed by atoms with Crippen molar-refractivity contribution >= 4 is 33.4 Å². The molecule has 0 fully saturated rings. The molecular weight excluding hydrogens is 512 g/mol. The van der Waals surface area contributed by atoms with Crippen LogP contribution in [0.25, 0.3) is 0 Å². The molecule has 0 bridgehead atoms. The van der Waals surface area contributed by atoms with Crippen molar-refractivity contribution in [2.75, 3.05) is 72.4 Å². The first-order valence-corrected chi connectivity index (χ1v) is 18.0. The Balaban J connectivity index is 3.49. The van der Waals surface area contributed by atoms with Gasteiger partial charge in [0, 0.05) is 43.9 Å². The molecule has 2 N–H and O–H groups in total. The van der Waals surface area contributed by atoms with Crippen LogP contribution in [-0.4, -0.2) is 93.6 Å². The summed E-state index contributed by atoms with van der Waals surface area (Å²) in [5, 5.41) is 6.02. The van der Waals surface area contributed by atoms with Crippen LogP contribution in [-0.2, 0) is 9.59 Å². The summed E-state index contributed by atoms with van der Waals surface area (Å²) >= 11 is 0. The molecule has 0 aliphatic rings. The van der Waals surface area contributed by atoms with Crippen molar-refractivity contribution in [2.45, 2.75) is 110 Å². The van der Waals surface area contributed by atoms with Crippen LogP contribution in [0.4, 0.5) is 0 Å². The van der Waals surface area contributed by atoms with Gasteiger partial charge in [0.1, 0.15) is 0 Å². The molecule has 0 saturated heterocycles. The van der Waals surface area contributed by atoms with Gasteiger partial charge in [0.2, 0.25) is 11.8 Å². The third-order valence-corrected chi connectivity index (χ3v) is 9.30. The van der Waals surface area contributed by atoms with E-state index < -0.39 is 0 Å². The van der Waals surface area contributed by atoms with Gasteiger partial charge in [-0.2, -0.15) is 0 Å². The second kappa shape index (κ2) is 26.8. The van der Waals surface area contributed by atoms with E-state index in [2.05, 4.69) is 36.6 Å². The molecule has 0 aromatic carbocycles. The Labute approximate surface area is 244 Å². The summed E-state index contributed by atoms with van der Waals surface area (Å²) in [5.41, 5.74) is 0. The molecule has 0 saturated carbocycles. The average Bonchev–Trinajstić information content (AvgIpc) is 2.86. The number of nitrogens with zero attached hydrogens (tertiary/aromatic N) is 2. The Hall–Kier alpha value is -0.440. The first-order chi connectivity index (χ1) is 18.3. The number of hydrogen-bond acceptors (Lipinski definition) is 5. The fraction of sp³-hybridized carbons (Fsp3) is 0.933. The highest BCUT2D eigenvalue weighted by atomic mass is 33.1. The lowest BCUT2D eigenvalue weighted by Crippen LogP contribution is -2.41. The maximum atomic E-state index is 12.2. The van der Waals surface area contributed by atoms with Gasteiger partial charge in [0.15, 0.2) is 0 Å². The fourth-order valence-electron chi connectivity index (χ4n) is 4.47. The second-order valence-electron chi connectivity index (χ2n) is 11.6. The van der Waals surface area contributed by atoms with Crippen molar-refractivity contribution in [2.24, 2.45) is 0 Å². The maximum absolute atomic E-state index is 12.2. The zero-order valence-corrected chi connectivity index (χ0v) is 27.4. The molecule has 6 nitrogen and oxygen atoms in total. The second-order valence-corrected chi connectivity index (χ2v) is 14.3. The van der Waals surface area contributed by atoms with Gasteiger partial charge in [-0.1, -0.05) is 92.7 Å². The number of carbonyl (C=O) groups is 2. The van der Waals surface area contributed by atoms with Crippen molar-refractivity contribution in [3.05, 3.63) is 0 Å². The highest BCUT2D eigenvalue weighted by Crippen LogP contribution is 2.19. The summed E-state index contributed by atoms with van der Waals surface area (Å²) < 4.78 is 1.02. The SMILES string of the molecule is CCCCCCCCCCCCCC[N+](C)(C)CCCC(=O)NCCSSCCNC(=O)CCCN(C)C. The minimum absolute atomic E-state index is 0.139. The first kappa shape index (κ1) is 37.6. The summed E-state index contributed by atoms with van der Waals surface area (Å²) in [6.07, 6.45) is 19.8. The van der Waals surface area contributed by atoms with E-state index in [-0.39, 0.29) is 11.8 Å². The lowest BCUT2D eigenvalue weighted by atomic mass is 10.1. The molecule has 0 atom stereocenters. The molecule has 0 unspecified atom stereocenters. The molecule has 0 rings (SSSR count). The predicted octanol–water partition coefficient (Wildman–Crippen LogP) is 6.50. The van der Waals surface area contributed by atoms with Crippen molar-refractivity contribution in [1.82, 2.24) is 15.5 Å². The normalized spacial score (nSPS) is 11.7. The quantitative estimate of drug-likeness (QED) is 0.0634. The summed E-state index contributed by atoms with van der Waals surface area (Å²) in [7, 11) is 12.2. The molecule has 0 heterocycles. The molecule has 0 spiro atoms. The van der Waals surface area contributed by atoms with Crippen molar-refractivity contribution in [3.63, 3.8) is 0 Å². The summed E-state index contributed by atoms with van der Waals surface area (Å²) in [6.45, 7) is 6.92. The smallest absolute Gasteiger partial charge is 0.220 e. The van der Waals surface area contributed by atoms with E-state index in [0.717, 1.165) is 41.9 Å². The zero-order valence-electron chi connectivity index (χ0n) is 25.8. The number of hydrogen-bond donors (Lipinski definition) is 2. The molecule has 8 heteroatoms. The van der Waals surface area contributed by atoms with Crippen LogP contribution in [0, 0.1) is 0 Å². The summed E-state index contributed by atoms with van der Waals surface area (Å²) in [4.78, 5) is 26.0. The maximum Gasteiger partial charge on any atom is 0.220 e. The number of amides is 2. The predicted molar refractivity (Wildman–Crippen MR) is 171 cm³/mol. The van der Waals surface area contributed by atoms with E-state index in [1.807, 2.05) is 14.1 Å². The molecule has 0 aromatic heterocycles. The van der Waals surface area contributed by atoms with Gasteiger partial charge in [0.25, 0.3) is 0 Å². The highest BCUT2D eigenvalue weighted by molar-refractivity contribution is 8.76. The summed E-state index contributed by atoms with van der Waals surface area (Å²) in [6, 6.07) is 0. The van der Waals surface area contributed by atoms with E-state index in [1.54, 1.807) is 21.6 Å². The van der Waals surface area contributed by atoms with Gasteiger partial charge >= 0.3 is 0 Å². The van der Waals surface area contributed by atoms with Crippen LogP contribution in [0.5, 0.6) is 0 Å². The number of rotatable bonds is 28. The first-order valence-electron chi connectivity index (χ1n) is 15.5. The monoisotopic (exact) mass is 575 g/mol. The third kappa shape index (κ3) is 28.6. The number of quaternary nitrogens is 1. The van der Waals surface area contributed by atoms with Crippen LogP contribution in [0.15, 0.2) is 0 Å². The van der Waals surface area contributed by atoms with E-state index >= 15 is 0 Å². The molecule has 0 aliphatic heterocycles. The number of nitrogens with one attached hydrogen (secondary N) is 2. The van der Waals surface area contributed by atoms with Gasteiger partial charge in [-0.15, -0.1) is 0 Å². The van der Waals surface area contributed by atoms with Gasteiger partial charge in [-0.25, -0.2) is 0 Å². The van der Waals surface area contributed by atoms with Crippen LogP contribution >= 0.6 is 21.6 Å². The molecule has 226 valence electrons. The van der Waals surface area contributed by atoms with E-state index in [1.165, 1.54) is 83.6 Å². The molecule has 0 aromatic rings. The van der Waals surface area contributed by atoms with Gasteiger partial charge in [0.05, 0.1) is 27.2 Å². The Bertz CT molecular complexity index is 562. The fourth-order valence-corrected chi connectivity index (χ4v) is 6.29.